The number of quaternary nitrogens is 1. The third-order valence-electron chi connectivity index (χ3n) is 5.61. The van der Waals surface area contributed by atoms with Crippen LogP contribution < -0.4 is 25.0 Å². The van der Waals surface area contributed by atoms with Gasteiger partial charge in [0.25, 0.3) is 0 Å². The molecule has 0 spiro atoms. The summed E-state index contributed by atoms with van der Waals surface area (Å²) in [6.45, 7) is 6.50. The molecule has 6 heteroatoms. The number of fused-ring (bicyclic) bond motifs is 1. The van der Waals surface area contributed by atoms with Gasteiger partial charge in [-0.2, -0.15) is 0 Å². The summed E-state index contributed by atoms with van der Waals surface area (Å²) >= 11 is 0. The smallest absolute Gasteiger partial charge is 0.315 e. The monoisotopic (exact) mass is 398 g/mol. The maximum Gasteiger partial charge on any atom is 0.315 e. The predicted octanol–water partition coefficient (Wildman–Crippen LogP) is 2.09. The standard InChI is InChI=1S/C23H31N3O3/c1-5-24-23(27)25-16(2)22-19-14-21(29-4)20(28-3)13-18(19)11-12-26(22)15-17-9-7-6-8-10-17/h6-10,13-14,16,22H,5,11-12,15H2,1-4H3,(H2,24,25,27)/p+1/t16-,22-/m1/s1. The number of nitrogens with one attached hydrogen (secondary N) is 3. The van der Waals surface area contributed by atoms with Gasteiger partial charge >= 0.3 is 6.03 Å². The topological polar surface area (TPSA) is 64.0 Å². The van der Waals surface area contributed by atoms with Crippen LogP contribution in [-0.2, 0) is 13.0 Å². The zero-order chi connectivity index (χ0) is 20.8. The van der Waals surface area contributed by atoms with E-state index < -0.39 is 0 Å². The number of amides is 2. The van der Waals surface area contributed by atoms with Gasteiger partial charge in [-0.05, 0) is 31.5 Å². The molecular formula is C23H32N3O3+. The van der Waals surface area contributed by atoms with Gasteiger partial charge < -0.3 is 25.0 Å². The van der Waals surface area contributed by atoms with Crippen molar-refractivity contribution in [2.24, 2.45) is 0 Å². The molecule has 29 heavy (non-hydrogen) atoms. The molecule has 1 unspecified atom stereocenters. The fourth-order valence-corrected chi connectivity index (χ4v) is 4.29. The maximum absolute atomic E-state index is 12.2. The van der Waals surface area contributed by atoms with E-state index in [1.165, 1.54) is 21.6 Å². The van der Waals surface area contributed by atoms with E-state index in [4.69, 9.17) is 9.47 Å². The number of ether oxygens (including phenoxy) is 2. The summed E-state index contributed by atoms with van der Waals surface area (Å²) in [5.41, 5.74) is 3.76. The van der Waals surface area contributed by atoms with Crippen LogP contribution in [0.1, 0.15) is 36.6 Å². The van der Waals surface area contributed by atoms with Gasteiger partial charge in [-0.15, -0.1) is 0 Å². The number of rotatable bonds is 7. The third-order valence-corrected chi connectivity index (χ3v) is 5.61. The number of carbonyl (C=O) groups excluding carboxylic acids is 1. The molecule has 0 fully saturated rings. The molecule has 2 amide bonds. The minimum atomic E-state index is -0.133. The lowest BCUT2D eigenvalue weighted by atomic mass is 9.87. The maximum atomic E-state index is 12.2. The molecule has 0 radical (unpaired) electrons. The van der Waals surface area contributed by atoms with Crippen LogP contribution in [0.25, 0.3) is 0 Å². The van der Waals surface area contributed by atoms with Crippen LogP contribution in [0.4, 0.5) is 4.79 Å². The van der Waals surface area contributed by atoms with E-state index in [1.54, 1.807) is 14.2 Å². The highest BCUT2D eigenvalue weighted by atomic mass is 16.5. The number of urea groups is 1. The Morgan fingerprint density at radius 1 is 1.17 bits per heavy atom. The average Bonchev–Trinajstić information content (AvgIpc) is 2.73. The molecule has 0 aromatic heterocycles. The Morgan fingerprint density at radius 2 is 1.86 bits per heavy atom. The first-order valence-corrected chi connectivity index (χ1v) is 10.2. The SMILES string of the molecule is CCNC(=O)N[C@H](C)[C@@H]1c2cc(OC)c(OC)cc2CC[NH+]1Cc1ccccc1. The summed E-state index contributed by atoms with van der Waals surface area (Å²) in [6.07, 6.45) is 0.961. The number of carbonyl (C=O) groups is 1. The van der Waals surface area contributed by atoms with Crippen molar-refractivity contribution in [2.75, 3.05) is 27.3 Å². The van der Waals surface area contributed by atoms with Gasteiger partial charge in [-0.25, -0.2) is 4.79 Å². The highest BCUT2D eigenvalue weighted by Crippen LogP contribution is 2.35. The van der Waals surface area contributed by atoms with E-state index in [1.807, 2.05) is 13.0 Å². The highest BCUT2D eigenvalue weighted by molar-refractivity contribution is 5.74. The highest BCUT2D eigenvalue weighted by Gasteiger charge is 2.37. The van der Waals surface area contributed by atoms with Crippen molar-refractivity contribution in [3.8, 4) is 11.5 Å². The quantitative estimate of drug-likeness (QED) is 0.669. The minimum Gasteiger partial charge on any atom is -0.493 e. The van der Waals surface area contributed by atoms with E-state index in [9.17, 15) is 4.79 Å². The largest absolute Gasteiger partial charge is 0.493 e. The Hall–Kier alpha value is -2.73. The molecular weight excluding hydrogens is 366 g/mol. The van der Waals surface area contributed by atoms with Crippen molar-refractivity contribution in [3.63, 3.8) is 0 Å². The second-order valence-corrected chi connectivity index (χ2v) is 7.50. The molecule has 1 heterocycles. The van der Waals surface area contributed by atoms with Gasteiger partial charge in [0.2, 0.25) is 0 Å². The second-order valence-electron chi connectivity index (χ2n) is 7.50. The van der Waals surface area contributed by atoms with Gasteiger partial charge in [0.1, 0.15) is 12.6 Å². The van der Waals surface area contributed by atoms with Crippen molar-refractivity contribution < 1.29 is 19.2 Å². The molecule has 3 rings (SSSR count). The summed E-state index contributed by atoms with van der Waals surface area (Å²) in [4.78, 5) is 13.7. The third kappa shape index (κ3) is 4.82. The Bertz CT molecular complexity index is 826. The molecule has 0 saturated heterocycles. The Kier molecular flexibility index (Phi) is 6.99. The molecule has 156 valence electrons. The lowest BCUT2D eigenvalue weighted by Crippen LogP contribution is -3.13. The van der Waals surface area contributed by atoms with Crippen LogP contribution in [0.15, 0.2) is 42.5 Å². The number of benzene rings is 2. The summed E-state index contributed by atoms with van der Waals surface area (Å²) in [6, 6.07) is 14.6. The van der Waals surface area contributed by atoms with E-state index in [0.717, 1.165) is 31.0 Å². The molecule has 3 N–H and O–H groups in total. The van der Waals surface area contributed by atoms with E-state index in [-0.39, 0.29) is 18.1 Å². The van der Waals surface area contributed by atoms with Crippen LogP contribution in [-0.4, -0.2) is 39.4 Å². The first-order valence-electron chi connectivity index (χ1n) is 10.2. The van der Waals surface area contributed by atoms with Crippen LogP contribution in [0.2, 0.25) is 0 Å². The van der Waals surface area contributed by atoms with E-state index in [2.05, 4.69) is 54.0 Å². The summed E-state index contributed by atoms with van der Waals surface area (Å²) in [7, 11) is 3.32. The van der Waals surface area contributed by atoms with Gasteiger partial charge in [-0.1, -0.05) is 30.3 Å². The second kappa shape index (κ2) is 9.65. The van der Waals surface area contributed by atoms with Crippen LogP contribution in [0.5, 0.6) is 11.5 Å². The van der Waals surface area contributed by atoms with Crippen LogP contribution >= 0.6 is 0 Å². The Balaban J connectivity index is 1.96. The van der Waals surface area contributed by atoms with Crippen molar-refractivity contribution in [1.82, 2.24) is 10.6 Å². The van der Waals surface area contributed by atoms with Gasteiger partial charge in [0.15, 0.2) is 11.5 Å². The van der Waals surface area contributed by atoms with Crippen molar-refractivity contribution in [2.45, 2.75) is 38.9 Å². The molecule has 3 atom stereocenters. The zero-order valence-electron chi connectivity index (χ0n) is 17.7. The van der Waals surface area contributed by atoms with E-state index in [0.29, 0.717) is 6.54 Å². The Labute approximate surface area is 173 Å². The van der Waals surface area contributed by atoms with Crippen molar-refractivity contribution in [1.29, 1.82) is 0 Å². The molecule has 0 aliphatic carbocycles. The van der Waals surface area contributed by atoms with Crippen LogP contribution in [0.3, 0.4) is 0 Å². The number of hydrogen-bond acceptors (Lipinski definition) is 3. The number of methoxy groups -OCH3 is 2. The predicted molar refractivity (Wildman–Crippen MR) is 114 cm³/mol. The van der Waals surface area contributed by atoms with E-state index >= 15 is 0 Å². The lowest BCUT2D eigenvalue weighted by Gasteiger charge is -2.38. The molecule has 6 nitrogen and oxygen atoms in total. The minimum absolute atomic E-state index is 0.0441. The fourth-order valence-electron chi connectivity index (χ4n) is 4.29. The number of hydrogen-bond donors (Lipinski definition) is 3. The average molecular weight is 399 g/mol. The molecule has 1 aliphatic heterocycles. The lowest BCUT2D eigenvalue weighted by molar-refractivity contribution is -0.948. The fraction of sp³-hybridized carbons (Fsp3) is 0.435. The first kappa shape index (κ1) is 21.0. The molecule has 1 aliphatic rings. The Morgan fingerprint density at radius 3 is 2.52 bits per heavy atom. The molecule has 0 bridgehead atoms. The summed E-state index contributed by atoms with van der Waals surface area (Å²) in [5, 5.41) is 5.97. The van der Waals surface area contributed by atoms with Gasteiger partial charge in [0.05, 0.1) is 26.8 Å². The molecule has 0 saturated carbocycles. The van der Waals surface area contributed by atoms with Crippen molar-refractivity contribution >= 4 is 6.03 Å². The van der Waals surface area contributed by atoms with Crippen molar-refractivity contribution in [3.05, 3.63) is 59.2 Å². The molecule has 2 aromatic carbocycles. The normalized spacial score (nSPS) is 19.0. The first-order chi connectivity index (χ1) is 14.1. The molecule has 2 aromatic rings. The summed E-state index contributed by atoms with van der Waals surface area (Å²) in [5.74, 6) is 1.48. The van der Waals surface area contributed by atoms with Crippen LogP contribution in [0, 0.1) is 0 Å². The summed E-state index contributed by atoms with van der Waals surface area (Å²) < 4.78 is 11.1. The van der Waals surface area contributed by atoms with Gasteiger partial charge in [0, 0.05) is 24.1 Å². The van der Waals surface area contributed by atoms with Gasteiger partial charge in [-0.3, -0.25) is 0 Å². The zero-order valence-corrected chi connectivity index (χ0v) is 17.7.